The van der Waals surface area contributed by atoms with Crippen molar-refractivity contribution in [3.8, 4) is 6.07 Å². The summed E-state index contributed by atoms with van der Waals surface area (Å²) in [5, 5.41) is 22.8. The number of carbonyl (C=O) groups is 2. The van der Waals surface area contributed by atoms with E-state index in [4.69, 9.17) is 11.6 Å². The molecule has 0 unspecified atom stereocenters. The Morgan fingerprint density at radius 2 is 2.16 bits per heavy atom. The van der Waals surface area contributed by atoms with E-state index in [1.165, 1.54) is 11.3 Å². The average molecular weight is 379 g/mol. The van der Waals surface area contributed by atoms with E-state index in [-0.39, 0.29) is 18.7 Å². The van der Waals surface area contributed by atoms with Gasteiger partial charge in [0.05, 0.1) is 17.4 Å². The van der Waals surface area contributed by atoms with Crippen LogP contribution in [0.5, 0.6) is 0 Å². The van der Waals surface area contributed by atoms with Crippen molar-refractivity contribution in [2.45, 2.75) is 39.0 Å². The number of carbonyl (C=O) groups excluding carboxylic acids is 1. The van der Waals surface area contributed by atoms with Gasteiger partial charge in [0, 0.05) is 9.91 Å². The van der Waals surface area contributed by atoms with Crippen molar-refractivity contribution in [2.24, 2.45) is 17.8 Å². The van der Waals surface area contributed by atoms with Crippen molar-refractivity contribution in [1.29, 1.82) is 5.26 Å². The van der Waals surface area contributed by atoms with Gasteiger partial charge in [-0.05, 0) is 43.6 Å². The fraction of sp³-hybridized carbons (Fsp3) is 0.500. The minimum absolute atomic E-state index is 0.217. The van der Waals surface area contributed by atoms with Crippen molar-refractivity contribution < 1.29 is 14.7 Å². The maximum Gasteiger partial charge on any atom is 0.307 e. The van der Waals surface area contributed by atoms with E-state index in [9.17, 15) is 20.0 Å². The quantitative estimate of drug-likeness (QED) is 0.834. The molecule has 3 atom stereocenters. The summed E-state index contributed by atoms with van der Waals surface area (Å²) in [5.41, 5.74) is 1.57. The highest BCUT2D eigenvalue weighted by molar-refractivity contribution is 7.16. The first kappa shape index (κ1) is 18.0. The molecule has 0 aliphatic heterocycles. The largest absolute Gasteiger partial charge is 0.481 e. The molecule has 0 saturated carbocycles. The monoisotopic (exact) mass is 378 g/mol. The standard InChI is InChI=1S/C18H19ClN2O3S/c1-9-2-5-15-12(6-9)14(8-20)17(25-15)21-16(22)13-7-10(19)3-4-11(13)18(23)24/h3,9,11,13H,2,4-7H2,1H3,(H,21,22)(H,23,24)/t9-,11-,13+/m0/s1. The molecule has 0 aromatic carbocycles. The Morgan fingerprint density at radius 3 is 2.84 bits per heavy atom. The van der Waals surface area contributed by atoms with Gasteiger partial charge in [0.15, 0.2) is 0 Å². The van der Waals surface area contributed by atoms with Gasteiger partial charge in [-0.15, -0.1) is 11.3 Å². The Labute approximate surface area is 155 Å². The molecule has 3 rings (SSSR count). The zero-order valence-corrected chi connectivity index (χ0v) is 15.4. The number of halogens is 1. The number of aryl methyl sites for hydroxylation is 1. The summed E-state index contributed by atoms with van der Waals surface area (Å²) in [6.07, 6.45) is 4.97. The summed E-state index contributed by atoms with van der Waals surface area (Å²) < 4.78 is 0. The van der Waals surface area contributed by atoms with E-state index in [1.807, 2.05) is 0 Å². The van der Waals surface area contributed by atoms with Crippen LogP contribution in [-0.4, -0.2) is 17.0 Å². The molecule has 25 heavy (non-hydrogen) atoms. The molecule has 0 spiro atoms. The number of amides is 1. The third kappa shape index (κ3) is 3.58. The van der Waals surface area contributed by atoms with Crippen molar-refractivity contribution >= 4 is 39.8 Å². The Balaban J connectivity index is 1.85. The maximum atomic E-state index is 12.7. The molecule has 5 nitrogen and oxygen atoms in total. The van der Waals surface area contributed by atoms with Crippen LogP contribution in [0.4, 0.5) is 5.00 Å². The van der Waals surface area contributed by atoms with Gasteiger partial charge >= 0.3 is 5.97 Å². The number of fused-ring (bicyclic) bond motifs is 1. The fourth-order valence-corrected chi connectivity index (χ4v) is 5.02. The Morgan fingerprint density at radius 1 is 1.40 bits per heavy atom. The maximum absolute atomic E-state index is 12.7. The number of carboxylic acids is 1. The number of hydrogen-bond donors (Lipinski definition) is 2. The molecule has 1 aromatic rings. The van der Waals surface area contributed by atoms with Crippen LogP contribution in [0.25, 0.3) is 0 Å². The Kier molecular flexibility index (Phi) is 5.16. The van der Waals surface area contributed by atoms with Crippen LogP contribution in [-0.2, 0) is 22.4 Å². The lowest BCUT2D eigenvalue weighted by atomic mass is 9.82. The summed E-state index contributed by atoms with van der Waals surface area (Å²) in [6.45, 7) is 2.16. The third-order valence-corrected chi connectivity index (χ3v) is 6.52. The number of anilines is 1. The van der Waals surface area contributed by atoms with Crippen LogP contribution in [0.2, 0.25) is 0 Å². The predicted octanol–water partition coefficient (Wildman–Crippen LogP) is 3.92. The zero-order valence-electron chi connectivity index (χ0n) is 13.8. The molecule has 0 saturated heterocycles. The second-order valence-electron chi connectivity index (χ2n) is 6.80. The normalized spacial score (nSPS) is 25.5. The third-order valence-electron chi connectivity index (χ3n) is 5.00. The topological polar surface area (TPSA) is 90.2 Å². The minimum Gasteiger partial charge on any atom is -0.481 e. The number of thiophene rings is 1. The number of hydrogen-bond acceptors (Lipinski definition) is 4. The van der Waals surface area contributed by atoms with Crippen LogP contribution in [0, 0.1) is 29.1 Å². The molecule has 0 radical (unpaired) electrons. The molecule has 2 aliphatic carbocycles. The molecule has 0 fully saturated rings. The number of aliphatic carboxylic acids is 1. The first-order valence-corrected chi connectivity index (χ1v) is 9.53. The average Bonchev–Trinajstić information content (AvgIpc) is 2.90. The summed E-state index contributed by atoms with van der Waals surface area (Å²) in [4.78, 5) is 25.3. The lowest BCUT2D eigenvalue weighted by molar-refractivity contribution is -0.146. The van der Waals surface area contributed by atoms with Gasteiger partial charge in [-0.2, -0.15) is 5.26 Å². The molecule has 2 N–H and O–H groups in total. The molecule has 0 bridgehead atoms. The summed E-state index contributed by atoms with van der Waals surface area (Å²) in [7, 11) is 0. The predicted molar refractivity (Wildman–Crippen MR) is 96.6 cm³/mol. The Bertz CT molecular complexity index is 793. The summed E-state index contributed by atoms with van der Waals surface area (Å²) in [6, 6.07) is 2.22. The molecule has 1 heterocycles. The van der Waals surface area contributed by atoms with Crippen LogP contribution < -0.4 is 5.32 Å². The molecule has 1 amide bonds. The van der Waals surface area contributed by atoms with Crippen LogP contribution in [0.1, 0.15) is 42.2 Å². The van der Waals surface area contributed by atoms with Gasteiger partial charge in [-0.3, -0.25) is 9.59 Å². The van der Waals surface area contributed by atoms with Gasteiger partial charge in [-0.25, -0.2) is 0 Å². The van der Waals surface area contributed by atoms with E-state index in [2.05, 4.69) is 18.3 Å². The molecule has 2 aliphatic rings. The smallest absolute Gasteiger partial charge is 0.307 e. The SMILES string of the molecule is C[C@H]1CCc2sc(NC(=O)[C@@H]3CC(Cl)=CC[C@@H]3C(=O)O)c(C#N)c2C1. The fourth-order valence-electron chi connectivity index (χ4n) is 3.57. The number of allylic oxidation sites excluding steroid dienone is 2. The second kappa shape index (κ2) is 7.19. The van der Waals surface area contributed by atoms with Crippen molar-refractivity contribution in [2.75, 3.05) is 5.32 Å². The van der Waals surface area contributed by atoms with Crippen molar-refractivity contribution in [1.82, 2.24) is 0 Å². The van der Waals surface area contributed by atoms with Crippen LogP contribution >= 0.6 is 22.9 Å². The number of rotatable bonds is 3. The zero-order chi connectivity index (χ0) is 18.1. The molecule has 132 valence electrons. The van der Waals surface area contributed by atoms with Crippen LogP contribution in [0.3, 0.4) is 0 Å². The van der Waals surface area contributed by atoms with E-state index < -0.39 is 17.8 Å². The van der Waals surface area contributed by atoms with Crippen molar-refractivity contribution in [3.63, 3.8) is 0 Å². The highest BCUT2D eigenvalue weighted by Gasteiger charge is 2.37. The van der Waals surface area contributed by atoms with Gasteiger partial charge in [-0.1, -0.05) is 24.6 Å². The Hall–Kier alpha value is -1.84. The number of nitriles is 1. The van der Waals surface area contributed by atoms with Gasteiger partial charge < -0.3 is 10.4 Å². The highest BCUT2D eigenvalue weighted by atomic mass is 35.5. The van der Waals surface area contributed by atoms with Gasteiger partial charge in [0.2, 0.25) is 5.91 Å². The highest BCUT2D eigenvalue weighted by Crippen LogP contribution is 2.40. The van der Waals surface area contributed by atoms with E-state index in [0.29, 0.717) is 21.5 Å². The number of nitrogens with one attached hydrogen (secondary N) is 1. The van der Waals surface area contributed by atoms with Crippen LogP contribution in [0.15, 0.2) is 11.1 Å². The number of nitrogens with zero attached hydrogens (tertiary/aromatic N) is 1. The van der Waals surface area contributed by atoms with E-state index in [0.717, 1.165) is 29.7 Å². The van der Waals surface area contributed by atoms with E-state index >= 15 is 0 Å². The molecule has 1 aromatic heterocycles. The van der Waals surface area contributed by atoms with Gasteiger partial charge in [0.25, 0.3) is 0 Å². The first-order valence-electron chi connectivity index (χ1n) is 8.33. The lowest BCUT2D eigenvalue weighted by Gasteiger charge is -2.25. The van der Waals surface area contributed by atoms with E-state index in [1.54, 1.807) is 6.08 Å². The minimum atomic E-state index is -1.000. The second-order valence-corrected chi connectivity index (χ2v) is 8.39. The molecule has 7 heteroatoms. The summed E-state index contributed by atoms with van der Waals surface area (Å²) in [5.74, 6) is -2.36. The van der Waals surface area contributed by atoms with Crippen molar-refractivity contribution in [3.05, 3.63) is 27.1 Å². The molecular formula is C18H19ClN2O3S. The molecular weight excluding hydrogens is 360 g/mol. The first-order chi connectivity index (χ1) is 11.9. The number of carboxylic acid groups (broad SMARTS) is 1. The summed E-state index contributed by atoms with van der Waals surface area (Å²) >= 11 is 7.47. The lowest BCUT2D eigenvalue weighted by Crippen LogP contribution is -2.35. The van der Waals surface area contributed by atoms with Gasteiger partial charge in [0.1, 0.15) is 11.1 Å².